The summed E-state index contributed by atoms with van der Waals surface area (Å²) in [7, 11) is 1.63. The number of nitrogens with one attached hydrogen (secondary N) is 1. The third-order valence-corrected chi connectivity index (χ3v) is 4.60. The van der Waals surface area contributed by atoms with Gasteiger partial charge in [-0.25, -0.2) is 9.07 Å². The molecule has 26 heavy (non-hydrogen) atoms. The standard InChI is InChI=1S/C19H17FN4O2/c1-23-10-9-12(11-17(23)25)19(26)21-18-15-3-2-4-16(15)24(22-18)14-7-5-13(20)6-8-14/h5-11H,2-4H2,1H3,(H,21,22,26). The third-order valence-electron chi connectivity index (χ3n) is 4.60. The van der Waals surface area contributed by atoms with Gasteiger partial charge in [-0.2, -0.15) is 0 Å². The van der Waals surface area contributed by atoms with E-state index < -0.39 is 0 Å². The highest BCUT2D eigenvalue weighted by Crippen LogP contribution is 2.31. The molecular weight excluding hydrogens is 335 g/mol. The number of aryl methyl sites for hydroxylation is 1. The molecular formula is C19H17FN4O2. The molecule has 0 saturated heterocycles. The molecule has 1 N–H and O–H groups in total. The zero-order valence-electron chi connectivity index (χ0n) is 14.2. The highest BCUT2D eigenvalue weighted by atomic mass is 19.1. The van der Waals surface area contributed by atoms with Crippen LogP contribution in [0.25, 0.3) is 5.69 Å². The van der Waals surface area contributed by atoms with E-state index >= 15 is 0 Å². The Morgan fingerprint density at radius 3 is 2.69 bits per heavy atom. The number of hydrogen-bond donors (Lipinski definition) is 1. The highest BCUT2D eigenvalue weighted by Gasteiger charge is 2.24. The lowest BCUT2D eigenvalue weighted by Crippen LogP contribution is -2.20. The lowest BCUT2D eigenvalue weighted by molar-refractivity contribution is 0.102. The van der Waals surface area contributed by atoms with E-state index in [0.717, 1.165) is 36.2 Å². The Kier molecular flexibility index (Phi) is 3.91. The van der Waals surface area contributed by atoms with Crippen LogP contribution in [0.15, 0.2) is 47.4 Å². The van der Waals surface area contributed by atoms with Crippen LogP contribution in [0.3, 0.4) is 0 Å². The minimum atomic E-state index is -0.374. The number of hydrogen-bond acceptors (Lipinski definition) is 3. The first-order valence-electron chi connectivity index (χ1n) is 8.37. The molecule has 0 fully saturated rings. The molecule has 1 aromatic carbocycles. The van der Waals surface area contributed by atoms with E-state index in [1.165, 1.54) is 22.8 Å². The first kappa shape index (κ1) is 16.3. The summed E-state index contributed by atoms with van der Waals surface area (Å²) in [4.78, 5) is 24.2. The number of carbonyl (C=O) groups is 1. The predicted octanol–water partition coefficient (Wildman–Crippen LogP) is 2.45. The number of pyridine rings is 1. The summed E-state index contributed by atoms with van der Waals surface area (Å²) < 4.78 is 16.3. The van der Waals surface area contributed by atoms with E-state index in [2.05, 4.69) is 10.4 Å². The lowest BCUT2D eigenvalue weighted by atomic mass is 10.2. The molecule has 6 nitrogen and oxygen atoms in total. The van der Waals surface area contributed by atoms with Crippen molar-refractivity contribution in [2.75, 3.05) is 5.32 Å². The predicted molar refractivity (Wildman–Crippen MR) is 95.2 cm³/mol. The van der Waals surface area contributed by atoms with Crippen molar-refractivity contribution in [3.05, 3.63) is 75.6 Å². The Balaban J connectivity index is 1.68. The van der Waals surface area contributed by atoms with Gasteiger partial charge in [0.05, 0.1) is 5.69 Å². The van der Waals surface area contributed by atoms with Gasteiger partial charge in [0.1, 0.15) is 5.82 Å². The number of benzene rings is 1. The van der Waals surface area contributed by atoms with Crippen LogP contribution in [0.5, 0.6) is 0 Å². The van der Waals surface area contributed by atoms with Gasteiger partial charge in [0.25, 0.3) is 11.5 Å². The monoisotopic (exact) mass is 352 g/mol. The number of rotatable bonds is 3. The van der Waals surface area contributed by atoms with E-state index in [4.69, 9.17) is 0 Å². The summed E-state index contributed by atoms with van der Waals surface area (Å²) in [5, 5.41) is 7.33. The van der Waals surface area contributed by atoms with Crippen LogP contribution in [-0.4, -0.2) is 20.3 Å². The Labute approximate surface area is 148 Å². The summed E-state index contributed by atoms with van der Waals surface area (Å²) >= 11 is 0. The van der Waals surface area contributed by atoms with E-state index in [1.807, 2.05) is 0 Å². The van der Waals surface area contributed by atoms with Gasteiger partial charge in [-0.15, -0.1) is 5.10 Å². The zero-order valence-corrected chi connectivity index (χ0v) is 14.2. The molecule has 2 heterocycles. The first-order valence-corrected chi connectivity index (χ1v) is 8.37. The molecule has 0 spiro atoms. The quantitative estimate of drug-likeness (QED) is 0.787. The maximum absolute atomic E-state index is 13.2. The zero-order chi connectivity index (χ0) is 18.3. The minimum absolute atomic E-state index is 0.250. The second kappa shape index (κ2) is 6.25. The van der Waals surface area contributed by atoms with Gasteiger partial charge >= 0.3 is 0 Å². The molecule has 0 saturated carbocycles. The Morgan fingerprint density at radius 2 is 1.96 bits per heavy atom. The summed E-state index contributed by atoms with van der Waals surface area (Å²) in [6.45, 7) is 0. The second-order valence-electron chi connectivity index (χ2n) is 6.33. The van der Waals surface area contributed by atoms with E-state index in [1.54, 1.807) is 36.1 Å². The smallest absolute Gasteiger partial charge is 0.257 e. The van der Waals surface area contributed by atoms with Crippen molar-refractivity contribution in [1.29, 1.82) is 0 Å². The van der Waals surface area contributed by atoms with Crippen molar-refractivity contribution in [1.82, 2.24) is 14.3 Å². The molecule has 0 atom stereocenters. The fourth-order valence-electron chi connectivity index (χ4n) is 3.20. The Morgan fingerprint density at radius 1 is 1.19 bits per heavy atom. The molecule has 1 amide bonds. The molecule has 2 aromatic heterocycles. The molecule has 0 radical (unpaired) electrons. The normalized spacial score (nSPS) is 12.8. The number of amides is 1. The molecule has 0 aliphatic heterocycles. The summed E-state index contributed by atoms with van der Waals surface area (Å²) in [6, 6.07) is 8.98. The van der Waals surface area contributed by atoms with Gasteiger partial charge in [0, 0.05) is 36.1 Å². The lowest BCUT2D eigenvalue weighted by Gasteiger charge is -2.06. The maximum Gasteiger partial charge on any atom is 0.257 e. The topological polar surface area (TPSA) is 68.9 Å². The van der Waals surface area contributed by atoms with Gasteiger partial charge in [-0.05, 0) is 49.6 Å². The minimum Gasteiger partial charge on any atom is -0.319 e. The molecule has 4 rings (SSSR count). The van der Waals surface area contributed by atoms with Crippen LogP contribution < -0.4 is 10.9 Å². The molecule has 0 bridgehead atoms. The van der Waals surface area contributed by atoms with Crippen LogP contribution >= 0.6 is 0 Å². The molecule has 3 aromatic rings. The number of nitrogens with zero attached hydrogens (tertiary/aromatic N) is 3. The number of aromatic nitrogens is 3. The third kappa shape index (κ3) is 2.81. The van der Waals surface area contributed by atoms with Crippen LogP contribution in [0.4, 0.5) is 10.2 Å². The molecule has 1 aliphatic carbocycles. The average molecular weight is 352 g/mol. The first-order chi connectivity index (χ1) is 12.5. The SMILES string of the molecule is Cn1ccc(C(=O)Nc2nn(-c3ccc(F)cc3)c3c2CCC3)cc1=O. The van der Waals surface area contributed by atoms with E-state index in [-0.39, 0.29) is 22.8 Å². The molecule has 7 heteroatoms. The molecule has 132 valence electrons. The molecule has 1 aliphatic rings. The van der Waals surface area contributed by atoms with Crippen LogP contribution in [0.2, 0.25) is 0 Å². The highest BCUT2D eigenvalue weighted by molar-refractivity contribution is 6.04. The number of halogens is 1. The van der Waals surface area contributed by atoms with E-state index in [9.17, 15) is 14.0 Å². The van der Waals surface area contributed by atoms with E-state index in [0.29, 0.717) is 5.82 Å². The summed E-state index contributed by atoms with van der Waals surface area (Å²) in [5.74, 6) is -0.189. The van der Waals surface area contributed by atoms with Crippen molar-refractivity contribution < 1.29 is 9.18 Å². The van der Waals surface area contributed by atoms with Gasteiger partial charge < -0.3 is 9.88 Å². The fraction of sp³-hybridized carbons (Fsp3) is 0.211. The summed E-state index contributed by atoms with van der Waals surface area (Å²) in [5.41, 5.74) is 2.80. The van der Waals surface area contributed by atoms with Crippen LogP contribution in [0.1, 0.15) is 28.0 Å². The van der Waals surface area contributed by atoms with Crippen molar-refractivity contribution >= 4 is 11.7 Å². The Hall–Kier alpha value is -3.22. The average Bonchev–Trinajstić information content (AvgIpc) is 3.22. The summed E-state index contributed by atoms with van der Waals surface area (Å²) in [6.07, 6.45) is 4.20. The second-order valence-corrected chi connectivity index (χ2v) is 6.33. The number of fused-ring (bicyclic) bond motifs is 1. The van der Waals surface area contributed by atoms with Crippen molar-refractivity contribution in [3.8, 4) is 5.69 Å². The van der Waals surface area contributed by atoms with Crippen molar-refractivity contribution in [2.45, 2.75) is 19.3 Å². The van der Waals surface area contributed by atoms with Gasteiger partial charge in [0.2, 0.25) is 0 Å². The van der Waals surface area contributed by atoms with Crippen LogP contribution in [0, 0.1) is 5.82 Å². The van der Waals surface area contributed by atoms with Crippen molar-refractivity contribution in [3.63, 3.8) is 0 Å². The molecule has 0 unspecified atom stereocenters. The van der Waals surface area contributed by atoms with Gasteiger partial charge in [-0.3, -0.25) is 9.59 Å². The van der Waals surface area contributed by atoms with Crippen molar-refractivity contribution in [2.24, 2.45) is 7.05 Å². The van der Waals surface area contributed by atoms with Gasteiger partial charge in [0.15, 0.2) is 5.82 Å². The number of carbonyl (C=O) groups excluding carboxylic acids is 1. The number of anilines is 1. The maximum atomic E-state index is 13.2. The Bertz CT molecular complexity index is 1050. The fourth-order valence-corrected chi connectivity index (χ4v) is 3.20. The van der Waals surface area contributed by atoms with Crippen LogP contribution in [-0.2, 0) is 19.9 Å². The largest absolute Gasteiger partial charge is 0.319 e. The van der Waals surface area contributed by atoms with Gasteiger partial charge in [-0.1, -0.05) is 0 Å².